The summed E-state index contributed by atoms with van der Waals surface area (Å²) < 4.78 is 0. The van der Waals surface area contributed by atoms with E-state index >= 15 is 0 Å². The molecule has 1 heterocycles. The molecule has 0 bridgehead atoms. The minimum absolute atomic E-state index is 0. The highest BCUT2D eigenvalue weighted by Gasteiger charge is 2.20. The third-order valence-corrected chi connectivity index (χ3v) is 1.78. The number of amides is 1. The van der Waals surface area contributed by atoms with Crippen molar-refractivity contribution < 1.29 is 9.90 Å². The van der Waals surface area contributed by atoms with Crippen LogP contribution in [0.2, 0.25) is 0 Å². The molecule has 1 rings (SSSR count). The van der Waals surface area contributed by atoms with Gasteiger partial charge in [-0.1, -0.05) is 0 Å². The van der Waals surface area contributed by atoms with E-state index in [9.17, 15) is 4.79 Å². The summed E-state index contributed by atoms with van der Waals surface area (Å²) in [5, 5.41) is 8.89. The Bertz CT molecular complexity index is 135. The lowest BCUT2D eigenvalue weighted by Crippen LogP contribution is -2.35. The van der Waals surface area contributed by atoms with Gasteiger partial charge < -0.3 is 10.0 Å². The molecular weight excluding hydrogens is 201 g/mol. The first-order valence-corrected chi connectivity index (χ1v) is 3.68. The van der Waals surface area contributed by atoms with Gasteiger partial charge in [0.05, 0.1) is 0 Å². The van der Waals surface area contributed by atoms with Crippen LogP contribution < -0.4 is 0 Å². The number of aliphatic hydroxyl groups excluding tert-OH is 1. The second-order valence-electron chi connectivity index (χ2n) is 2.71. The molecule has 1 N–H and O–H groups in total. The van der Waals surface area contributed by atoms with Crippen LogP contribution in [0, 0.1) is 0 Å². The Kier molecular flexibility index (Phi) is 7.89. The molecule has 1 atom stereocenters. The van der Waals surface area contributed by atoms with Crippen LogP contribution in [-0.2, 0) is 4.79 Å². The summed E-state index contributed by atoms with van der Waals surface area (Å²) in [6, 6.07) is 0. The van der Waals surface area contributed by atoms with Crippen molar-refractivity contribution in [2.75, 3.05) is 13.1 Å². The van der Waals surface area contributed by atoms with E-state index in [0.717, 1.165) is 25.9 Å². The van der Waals surface area contributed by atoms with E-state index in [1.165, 1.54) is 6.92 Å². The van der Waals surface area contributed by atoms with E-state index < -0.39 is 6.10 Å². The van der Waals surface area contributed by atoms with Crippen molar-refractivity contribution in [2.24, 2.45) is 0 Å². The summed E-state index contributed by atoms with van der Waals surface area (Å²) in [5.74, 6) is -0.127. The Labute approximate surface area is 84.9 Å². The fraction of sp³-hybridized carbons (Fsp3) is 0.857. The molecule has 0 spiro atoms. The molecule has 1 unspecified atom stereocenters. The first-order chi connectivity index (χ1) is 4.72. The van der Waals surface area contributed by atoms with Crippen molar-refractivity contribution in [3.8, 4) is 0 Å². The van der Waals surface area contributed by atoms with Crippen LogP contribution in [0.5, 0.6) is 0 Å². The quantitative estimate of drug-likeness (QED) is 0.705. The second kappa shape index (κ2) is 6.52. The SMILES string of the molecule is CC(O)C(=O)N1CCCC1.Cl.Cl. The van der Waals surface area contributed by atoms with Crippen LogP contribution in [0.15, 0.2) is 0 Å². The van der Waals surface area contributed by atoms with Gasteiger partial charge in [-0.25, -0.2) is 0 Å². The first kappa shape index (κ1) is 14.5. The lowest BCUT2D eigenvalue weighted by molar-refractivity contribution is -0.138. The molecule has 12 heavy (non-hydrogen) atoms. The van der Waals surface area contributed by atoms with Gasteiger partial charge in [0.1, 0.15) is 6.10 Å². The third kappa shape index (κ3) is 3.61. The van der Waals surface area contributed by atoms with Gasteiger partial charge in [0.25, 0.3) is 5.91 Å². The van der Waals surface area contributed by atoms with Crippen molar-refractivity contribution in [3.63, 3.8) is 0 Å². The zero-order valence-electron chi connectivity index (χ0n) is 7.02. The Balaban J connectivity index is 0. The van der Waals surface area contributed by atoms with Gasteiger partial charge >= 0.3 is 0 Å². The summed E-state index contributed by atoms with van der Waals surface area (Å²) in [7, 11) is 0. The van der Waals surface area contributed by atoms with Crippen LogP contribution in [-0.4, -0.2) is 35.1 Å². The van der Waals surface area contributed by atoms with Crippen molar-refractivity contribution >= 4 is 30.7 Å². The standard InChI is InChI=1S/C7H13NO2.2ClH/c1-6(9)7(10)8-4-2-3-5-8;;/h6,9H,2-5H2,1H3;2*1H. The highest BCUT2D eigenvalue weighted by molar-refractivity contribution is 5.85. The van der Waals surface area contributed by atoms with Crippen LogP contribution in [0.3, 0.4) is 0 Å². The zero-order valence-corrected chi connectivity index (χ0v) is 8.66. The van der Waals surface area contributed by atoms with E-state index in [2.05, 4.69) is 0 Å². The smallest absolute Gasteiger partial charge is 0.251 e. The number of halogens is 2. The summed E-state index contributed by atoms with van der Waals surface area (Å²) >= 11 is 0. The van der Waals surface area contributed by atoms with E-state index in [0.29, 0.717) is 0 Å². The fourth-order valence-electron chi connectivity index (χ4n) is 1.20. The normalized spacial score (nSPS) is 17.7. The third-order valence-electron chi connectivity index (χ3n) is 1.78. The number of carbonyl (C=O) groups is 1. The summed E-state index contributed by atoms with van der Waals surface area (Å²) in [5.41, 5.74) is 0. The number of hydrogen-bond acceptors (Lipinski definition) is 2. The topological polar surface area (TPSA) is 40.5 Å². The summed E-state index contributed by atoms with van der Waals surface area (Å²) in [6.07, 6.45) is 1.34. The maximum absolute atomic E-state index is 11.0. The molecular formula is C7H15Cl2NO2. The highest BCUT2D eigenvalue weighted by Crippen LogP contribution is 2.08. The average molecular weight is 216 g/mol. The van der Waals surface area contributed by atoms with E-state index in [1.54, 1.807) is 4.90 Å². The van der Waals surface area contributed by atoms with Gasteiger partial charge in [-0.3, -0.25) is 4.79 Å². The van der Waals surface area contributed by atoms with E-state index in [-0.39, 0.29) is 30.7 Å². The van der Waals surface area contributed by atoms with Gasteiger partial charge in [0.2, 0.25) is 0 Å². The van der Waals surface area contributed by atoms with Gasteiger partial charge in [-0.15, -0.1) is 24.8 Å². The molecule has 0 aliphatic carbocycles. The number of likely N-dealkylation sites (tertiary alicyclic amines) is 1. The summed E-state index contributed by atoms with van der Waals surface area (Å²) in [6.45, 7) is 3.16. The number of aliphatic hydroxyl groups is 1. The Morgan fingerprint density at radius 2 is 1.75 bits per heavy atom. The van der Waals surface area contributed by atoms with E-state index in [4.69, 9.17) is 5.11 Å². The monoisotopic (exact) mass is 215 g/mol. The van der Waals surface area contributed by atoms with Crippen molar-refractivity contribution in [3.05, 3.63) is 0 Å². The lowest BCUT2D eigenvalue weighted by Gasteiger charge is -2.16. The molecule has 0 radical (unpaired) electrons. The molecule has 1 saturated heterocycles. The molecule has 0 aromatic heterocycles. The van der Waals surface area contributed by atoms with Crippen molar-refractivity contribution in [1.82, 2.24) is 4.90 Å². The highest BCUT2D eigenvalue weighted by atomic mass is 35.5. The number of rotatable bonds is 1. The minimum Gasteiger partial charge on any atom is -0.384 e. The molecule has 74 valence electrons. The minimum atomic E-state index is -0.821. The molecule has 1 aliphatic heterocycles. The maximum atomic E-state index is 11.0. The molecule has 0 aromatic rings. The molecule has 5 heteroatoms. The number of nitrogens with zero attached hydrogens (tertiary/aromatic N) is 1. The molecule has 0 aromatic carbocycles. The maximum Gasteiger partial charge on any atom is 0.251 e. The predicted molar refractivity (Wildman–Crippen MR) is 52.0 cm³/mol. The molecule has 3 nitrogen and oxygen atoms in total. The van der Waals surface area contributed by atoms with Crippen molar-refractivity contribution in [2.45, 2.75) is 25.9 Å². The predicted octanol–water partition coefficient (Wildman–Crippen LogP) is 0.833. The van der Waals surface area contributed by atoms with Crippen LogP contribution in [0.4, 0.5) is 0 Å². The Hall–Kier alpha value is 0.01000. The molecule has 1 amide bonds. The molecule has 1 fully saturated rings. The Morgan fingerprint density at radius 1 is 1.33 bits per heavy atom. The first-order valence-electron chi connectivity index (χ1n) is 3.68. The van der Waals surface area contributed by atoms with Crippen LogP contribution >= 0.6 is 24.8 Å². The summed E-state index contributed by atoms with van der Waals surface area (Å²) in [4.78, 5) is 12.7. The molecule has 1 aliphatic rings. The average Bonchev–Trinajstić information content (AvgIpc) is 2.36. The van der Waals surface area contributed by atoms with Gasteiger partial charge in [0.15, 0.2) is 0 Å². The van der Waals surface area contributed by atoms with Crippen LogP contribution in [0.25, 0.3) is 0 Å². The fourth-order valence-corrected chi connectivity index (χ4v) is 1.20. The number of carbonyl (C=O) groups excluding carboxylic acids is 1. The van der Waals surface area contributed by atoms with Gasteiger partial charge in [0, 0.05) is 13.1 Å². The zero-order chi connectivity index (χ0) is 7.56. The van der Waals surface area contributed by atoms with Crippen molar-refractivity contribution in [1.29, 1.82) is 0 Å². The van der Waals surface area contributed by atoms with E-state index in [1.807, 2.05) is 0 Å². The van der Waals surface area contributed by atoms with Crippen LogP contribution in [0.1, 0.15) is 19.8 Å². The molecule has 0 saturated carbocycles. The Morgan fingerprint density at radius 3 is 2.08 bits per heavy atom. The number of hydrogen-bond donors (Lipinski definition) is 1. The van der Waals surface area contributed by atoms with Gasteiger partial charge in [-0.2, -0.15) is 0 Å². The lowest BCUT2D eigenvalue weighted by atomic mass is 10.3. The largest absolute Gasteiger partial charge is 0.384 e. The second-order valence-corrected chi connectivity index (χ2v) is 2.71. The van der Waals surface area contributed by atoms with Gasteiger partial charge in [-0.05, 0) is 19.8 Å².